The molecular formula is C11H8INO2. The molecule has 0 saturated heterocycles. The first-order chi connectivity index (χ1) is 7.16. The number of hydrogen-bond acceptors (Lipinski definition) is 1. The van der Waals surface area contributed by atoms with E-state index < -0.39 is 5.97 Å². The molecule has 0 radical (unpaired) electrons. The highest BCUT2D eigenvalue weighted by molar-refractivity contribution is 14.1. The molecular weight excluding hydrogens is 305 g/mol. The molecule has 0 saturated carbocycles. The third-order valence-corrected chi connectivity index (χ3v) is 2.65. The lowest BCUT2D eigenvalue weighted by Crippen LogP contribution is -1.99. The third kappa shape index (κ3) is 2.20. The van der Waals surface area contributed by atoms with Crippen molar-refractivity contribution in [3.05, 3.63) is 51.9 Å². The minimum atomic E-state index is -0.901. The van der Waals surface area contributed by atoms with Crippen molar-refractivity contribution >= 4 is 28.6 Å². The molecule has 0 bridgehead atoms. The second-order valence-electron chi connectivity index (χ2n) is 3.09. The van der Waals surface area contributed by atoms with Gasteiger partial charge in [0.05, 0.1) is 5.56 Å². The van der Waals surface area contributed by atoms with Gasteiger partial charge in [0.15, 0.2) is 0 Å². The van der Waals surface area contributed by atoms with Crippen LogP contribution in [0.1, 0.15) is 10.4 Å². The Labute approximate surface area is 100 Å². The van der Waals surface area contributed by atoms with E-state index >= 15 is 0 Å². The molecule has 15 heavy (non-hydrogen) atoms. The van der Waals surface area contributed by atoms with E-state index in [0.29, 0.717) is 5.56 Å². The highest BCUT2D eigenvalue weighted by Crippen LogP contribution is 2.16. The van der Waals surface area contributed by atoms with E-state index in [1.807, 2.05) is 35.2 Å². The Morgan fingerprint density at radius 2 is 1.87 bits per heavy atom. The summed E-state index contributed by atoms with van der Waals surface area (Å²) in [5.41, 5.74) is 1.18. The number of carboxylic acid groups (broad SMARTS) is 1. The Balaban J connectivity index is 2.54. The maximum Gasteiger partial charge on any atom is 0.335 e. The van der Waals surface area contributed by atoms with Gasteiger partial charge in [0.25, 0.3) is 0 Å². The Bertz CT molecular complexity index is 491. The number of carboxylic acids is 1. The molecule has 0 aliphatic heterocycles. The monoisotopic (exact) mass is 313 g/mol. The zero-order chi connectivity index (χ0) is 10.8. The van der Waals surface area contributed by atoms with Crippen LogP contribution in [-0.4, -0.2) is 15.6 Å². The molecule has 0 amide bonds. The van der Waals surface area contributed by atoms with E-state index in [0.717, 1.165) is 9.26 Å². The summed E-state index contributed by atoms with van der Waals surface area (Å²) in [5, 5.41) is 8.92. The molecule has 0 atom stereocenters. The first-order valence-electron chi connectivity index (χ1n) is 4.34. The van der Waals surface area contributed by atoms with Gasteiger partial charge in [0, 0.05) is 21.7 Å². The van der Waals surface area contributed by atoms with E-state index in [1.165, 1.54) is 0 Å². The second kappa shape index (κ2) is 4.06. The van der Waals surface area contributed by atoms with E-state index in [4.69, 9.17) is 5.11 Å². The Morgan fingerprint density at radius 1 is 1.20 bits per heavy atom. The first kappa shape index (κ1) is 10.2. The van der Waals surface area contributed by atoms with Crippen LogP contribution in [0.15, 0.2) is 42.7 Å². The maximum absolute atomic E-state index is 10.9. The SMILES string of the molecule is O=C(O)c1cc(I)cc(-n2cccc2)c1. The van der Waals surface area contributed by atoms with E-state index in [1.54, 1.807) is 12.1 Å². The van der Waals surface area contributed by atoms with Gasteiger partial charge >= 0.3 is 5.97 Å². The number of rotatable bonds is 2. The van der Waals surface area contributed by atoms with Gasteiger partial charge in [-0.3, -0.25) is 0 Å². The van der Waals surface area contributed by atoms with Crippen LogP contribution in [0.2, 0.25) is 0 Å². The minimum absolute atomic E-state index is 0.311. The lowest BCUT2D eigenvalue weighted by Gasteiger charge is -2.05. The summed E-state index contributed by atoms with van der Waals surface area (Å²) in [4.78, 5) is 10.9. The van der Waals surface area contributed by atoms with Crippen LogP contribution >= 0.6 is 22.6 Å². The van der Waals surface area contributed by atoms with Gasteiger partial charge in [-0.25, -0.2) is 4.79 Å². The number of aromatic carboxylic acids is 1. The van der Waals surface area contributed by atoms with Gasteiger partial charge in [-0.2, -0.15) is 0 Å². The van der Waals surface area contributed by atoms with Gasteiger partial charge in [-0.05, 0) is 52.9 Å². The van der Waals surface area contributed by atoms with Crippen molar-refractivity contribution in [1.29, 1.82) is 0 Å². The summed E-state index contributed by atoms with van der Waals surface area (Å²) in [5.74, 6) is -0.901. The Hall–Kier alpha value is -1.30. The average Bonchev–Trinajstić information content (AvgIpc) is 2.69. The zero-order valence-corrected chi connectivity index (χ0v) is 9.88. The van der Waals surface area contributed by atoms with Gasteiger partial charge in [0.2, 0.25) is 0 Å². The second-order valence-corrected chi connectivity index (χ2v) is 4.34. The fraction of sp³-hybridized carbons (Fsp3) is 0. The fourth-order valence-corrected chi connectivity index (χ4v) is 2.01. The van der Waals surface area contributed by atoms with Crippen molar-refractivity contribution in [2.24, 2.45) is 0 Å². The summed E-state index contributed by atoms with van der Waals surface area (Å²) in [7, 11) is 0. The van der Waals surface area contributed by atoms with Crippen LogP contribution in [0.4, 0.5) is 0 Å². The van der Waals surface area contributed by atoms with Crippen LogP contribution in [0, 0.1) is 3.57 Å². The van der Waals surface area contributed by atoms with Crippen LogP contribution in [0.3, 0.4) is 0 Å². The first-order valence-corrected chi connectivity index (χ1v) is 5.42. The highest BCUT2D eigenvalue weighted by atomic mass is 127. The lowest BCUT2D eigenvalue weighted by atomic mass is 10.2. The normalized spacial score (nSPS) is 10.2. The van der Waals surface area contributed by atoms with Gasteiger partial charge in [0.1, 0.15) is 0 Å². The van der Waals surface area contributed by atoms with Crippen LogP contribution in [0.25, 0.3) is 5.69 Å². The molecule has 0 fully saturated rings. The van der Waals surface area contributed by atoms with Crippen LogP contribution in [0.5, 0.6) is 0 Å². The summed E-state index contributed by atoms with van der Waals surface area (Å²) in [6.07, 6.45) is 3.77. The number of aromatic nitrogens is 1. The number of hydrogen-bond donors (Lipinski definition) is 1. The molecule has 1 N–H and O–H groups in total. The zero-order valence-electron chi connectivity index (χ0n) is 7.72. The molecule has 4 heteroatoms. The topological polar surface area (TPSA) is 42.2 Å². The molecule has 0 aliphatic carbocycles. The number of halogens is 1. The largest absolute Gasteiger partial charge is 0.478 e. The quantitative estimate of drug-likeness (QED) is 0.866. The van der Waals surface area contributed by atoms with E-state index in [-0.39, 0.29) is 0 Å². The van der Waals surface area contributed by atoms with Crippen molar-refractivity contribution in [2.45, 2.75) is 0 Å². The number of nitrogens with zero attached hydrogens (tertiary/aromatic N) is 1. The standard InChI is InChI=1S/C11H8INO2/c12-9-5-8(11(14)15)6-10(7-9)13-3-1-2-4-13/h1-7H,(H,14,15). The Morgan fingerprint density at radius 3 is 2.47 bits per heavy atom. The van der Waals surface area contributed by atoms with Crippen molar-refractivity contribution in [3.63, 3.8) is 0 Å². The maximum atomic E-state index is 10.9. The molecule has 76 valence electrons. The van der Waals surface area contributed by atoms with E-state index in [9.17, 15) is 4.79 Å². The molecule has 0 unspecified atom stereocenters. The van der Waals surface area contributed by atoms with Gasteiger partial charge in [-0.1, -0.05) is 0 Å². The summed E-state index contributed by atoms with van der Waals surface area (Å²) < 4.78 is 2.80. The smallest absolute Gasteiger partial charge is 0.335 e. The number of carbonyl (C=O) groups is 1. The van der Waals surface area contributed by atoms with Crippen molar-refractivity contribution in [3.8, 4) is 5.69 Å². The Kier molecular flexibility index (Phi) is 2.77. The number of benzene rings is 1. The lowest BCUT2D eigenvalue weighted by molar-refractivity contribution is 0.0697. The molecule has 2 aromatic rings. The summed E-state index contributed by atoms with van der Waals surface area (Å²) in [6, 6.07) is 9.05. The molecule has 1 aromatic heterocycles. The van der Waals surface area contributed by atoms with Crippen molar-refractivity contribution < 1.29 is 9.90 Å². The molecule has 0 spiro atoms. The molecule has 2 rings (SSSR count). The van der Waals surface area contributed by atoms with Gasteiger partial charge < -0.3 is 9.67 Å². The van der Waals surface area contributed by atoms with Crippen molar-refractivity contribution in [2.75, 3.05) is 0 Å². The molecule has 1 aromatic carbocycles. The minimum Gasteiger partial charge on any atom is -0.478 e. The predicted octanol–water partition coefficient (Wildman–Crippen LogP) is 2.78. The predicted molar refractivity (Wildman–Crippen MR) is 65.4 cm³/mol. The third-order valence-electron chi connectivity index (χ3n) is 2.03. The molecule has 0 aliphatic rings. The van der Waals surface area contributed by atoms with Crippen molar-refractivity contribution in [1.82, 2.24) is 4.57 Å². The van der Waals surface area contributed by atoms with Gasteiger partial charge in [-0.15, -0.1) is 0 Å². The molecule has 1 heterocycles. The summed E-state index contributed by atoms with van der Waals surface area (Å²) in [6.45, 7) is 0. The average molecular weight is 313 g/mol. The van der Waals surface area contributed by atoms with Crippen LogP contribution in [-0.2, 0) is 0 Å². The fourth-order valence-electron chi connectivity index (χ4n) is 1.35. The molecule has 3 nitrogen and oxygen atoms in total. The highest BCUT2D eigenvalue weighted by Gasteiger charge is 2.06. The van der Waals surface area contributed by atoms with Crippen LogP contribution < -0.4 is 0 Å². The summed E-state index contributed by atoms with van der Waals surface area (Å²) >= 11 is 2.11. The van der Waals surface area contributed by atoms with E-state index in [2.05, 4.69) is 22.6 Å².